The van der Waals surface area contributed by atoms with Crippen LogP contribution >= 0.6 is 11.3 Å². The Balaban J connectivity index is 1.83. The first kappa shape index (κ1) is 12.1. The maximum Gasteiger partial charge on any atom is 0.138 e. The first-order chi connectivity index (χ1) is 9.25. The molecule has 0 saturated carbocycles. The van der Waals surface area contributed by atoms with Crippen molar-refractivity contribution in [2.24, 2.45) is 0 Å². The molecule has 98 valence electrons. The third-order valence-corrected chi connectivity index (χ3v) is 4.11. The molecule has 2 atom stereocenters. The van der Waals surface area contributed by atoms with Gasteiger partial charge in [0.2, 0.25) is 0 Å². The summed E-state index contributed by atoms with van der Waals surface area (Å²) in [6, 6.07) is 4.45. The molecule has 0 spiro atoms. The highest BCUT2D eigenvalue weighted by molar-refractivity contribution is 7.16. The first-order valence-corrected chi connectivity index (χ1v) is 7.07. The summed E-state index contributed by atoms with van der Waals surface area (Å²) in [5.74, 6) is 0.887. The van der Waals surface area contributed by atoms with Crippen LogP contribution in [0.3, 0.4) is 0 Å². The molecule has 0 radical (unpaired) electrons. The number of nitrogens with zero attached hydrogens (tertiary/aromatic N) is 4. The first-order valence-electron chi connectivity index (χ1n) is 6.19. The Morgan fingerprint density at radius 2 is 2.21 bits per heavy atom. The molecule has 3 aromatic rings. The maximum atomic E-state index is 4.34. The van der Waals surface area contributed by atoms with Gasteiger partial charge in [-0.05, 0) is 31.4 Å². The highest BCUT2D eigenvalue weighted by Gasteiger charge is 2.16. The Hall–Kier alpha value is -1.95. The van der Waals surface area contributed by atoms with Crippen molar-refractivity contribution in [3.63, 3.8) is 0 Å². The number of rotatable bonds is 4. The van der Waals surface area contributed by atoms with Gasteiger partial charge in [0.1, 0.15) is 17.0 Å². The zero-order valence-corrected chi connectivity index (χ0v) is 11.6. The van der Waals surface area contributed by atoms with Crippen molar-refractivity contribution in [3.05, 3.63) is 36.2 Å². The van der Waals surface area contributed by atoms with Crippen LogP contribution in [0, 0.1) is 0 Å². The minimum absolute atomic E-state index is 0.220. The third-order valence-electron chi connectivity index (χ3n) is 3.29. The molecule has 0 aliphatic heterocycles. The zero-order valence-electron chi connectivity index (χ0n) is 10.8. The van der Waals surface area contributed by atoms with E-state index in [2.05, 4.69) is 34.2 Å². The fraction of sp³-hybridized carbons (Fsp3) is 0.308. The van der Waals surface area contributed by atoms with Gasteiger partial charge in [-0.3, -0.25) is 4.68 Å². The van der Waals surface area contributed by atoms with Gasteiger partial charge in [0, 0.05) is 18.4 Å². The van der Waals surface area contributed by atoms with Gasteiger partial charge in [0.15, 0.2) is 0 Å². The Labute approximate surface area is 115 Å². The second-order valence-electron chi connectivity index (χ2n) is 4.52. The number of fused-ring (bicyclic) bond motifs is 1. The van der Waals surface area contributed by atoms with E-state index in [-0.39, 0.29) is 12.1 Å². The van der Waals surface area contributed by atoms with Gasteiger partial charge in [-0.25, -0.2) is 9.97 Å². The summed E-state index contributed by atoms with van der Waals surface area (Å²) in [5, 5.41) is 10.8. The van der Waals surface area contributed by atoms with Crippen LogP contribution in [0.2, 0.25) is 0 Å². The summed E-state index contributed by atoms with van der Waals surface area (Å²) in [5.41, 5.74) is 0. The lowest BCUT2D eigenvalue weighted by molar-refractivity contribution is 0.443. The Morgan fingerprint density at radius 1 is 1.32 bits per heavy atom. The molecular weight excluding hydrogens is 258 g/mol. The molecule has 0 bridgehead atoms. The maximum absolute atomic E-state index is 4.34. The van der Waals surface area contributed by atoms with Crippen LogP contribution in [-0.2, 0) is 0 Å². The quantitative estimate of drug-likeness (QED) is 0.794. The molecule has 1 N–H and O–H groups in total. The fourth-order valence-electron chi connectivity index (χ4n) is 1.99. The van der Waals surface area contributed by atoms with Crippen molar-refractivity contribution in [2.45, 2.75) is 25.9 Å². The van der Waals surface area contributed by atoms with Crippen LogP contribution in [0.15, 0.2) is 36.2 Å². The highest BCUT2D eigenvalue weighted by Crippen LogP contribution is 2.25. The number of thiophene rings is 1. The molecule has 3 aromatic heterocycles. The van der Waals surface area contributed by atoms with Crippen molar-refractivity contribution in [1.29, 1.82) is 0 Å². The minimum atomic E-state index is 0.220. The van der Waals surface area contributed by atoms with E-state index in [0.717, 1.165) is 16.0 Å². The average Bonchev–Trinajstić information content (AvgIpc) is 3.09. The molecular formula is C13H15N5S. The molecule has 0 aromatic carbocycles. The van der Waals surface area contributed by atoms with Gasteiger partial charge >= 0.3 is 0 Å². The van der Waals surface area contributed by atoms with E-state index < -0.39 is 0 Å². The smallest absolute Gasteiger partial charge is 0.138 e. The Bertz CT molecular complexity index is 661. The van der Waals surface area contributed by atoms with Crippen LogP contribution in [-0.4, -0.2) is 25.8 Å². The van der Waals surface area contributed by atoms with Crippen LogP contribution < -0.4 is 5.32 Å². The van der Waals surface area contributed by atoms with Crippen molar-refractivity contribution in [2.75, 3.05) is 5.32 Å². The summed E-state index contributed by atoms with van der Waals surface area (Å²) >= 11 is 1.63. The van der Waals surface area contributed by atoms with Crippen molar-refractivity contribution in [3.8, 4) is 0 Å². The molecule has 0 aliphatic rings. The minimum Gasteiger partial charge on any atom is -0.365 e. The number of nitrogens with one attached hydrogen (secondary N) is 1. The molecule has 0 aliphatic carbocycles. The molecule has 3 rings (SSSR count). The van der Waals surface area contributed by atoms with E-state index in [1.807, 2.05) is 28.4 Å². The van der Waals surface area contributed by atoms with E-state index in [4.69, 9.17) is 0 Å². The second-order valence-corrected chi connectivity index (χ2v) is 5.42. The Kier molecular flexibility index (Phi) is 3.16. The topological polar surface area (TPSA) is 55.6 Å². The number of hydrogen-bond donors (Lipinski definition) is 1. The monoisotopic (exact) mass is 273 g/mol. The fourth-order valence-corrected chi connectivity index (χ4v) is 2.72. The van der Waals surface area contributed by atoms with Crippen molar-refractivity contribution in [1.82, 2.24) is 19.7 Å². The standard InChI is InChI=1S/C13H15N5S/c1-9(10(2)18-6-3-5-16-18)17-12-11-4-7-19-13(11)15-8-14-12/h3-10H,1-2H3,(H,14,15,17). The molecule has 19 heavy (non-hydrogen) atoms. The third kappa shape index (κ3) is 2.31. The van der Waals surface area contributed by atoms with Gasteiger partial charge in [-0.2, -0.15) is 5.10 Å². The zero-order chi connectivity index (χ0) is 13.2. The molecule has 0 amide bonds. The molecule has 3 heterocycles. The molecule has 2 unspecified atom stereocenters. The highest BCUT2D eigenvalue weighted by atomic mass is 32.1. The summed E-state index contributed by atoms with van der Waals surface area (Å²) in [7, 11) is 0. The average molecular weight is 273 g/mol. The summed E-state index contributed by atoms with van der Waals surface area (Å²) in [6.07, 6.45) is 5.38. The van der Waals surface area contributed by atoms with E-state index in [9.17, 15) is 0 Å². The van der Waals surface area contributed by atoms with E-state index in [1.54, 1.807) is 23.9 Å². The van der Waals surface area contributed by atoms with E-state index in [0.29, 0.717) is 0 Å². The second kappa shape index (κ2) is 4.97. The van der Waals surface area contributed by atoms with E-state index in [1.165, 1.54) is 0 Å². The lowest BCUT2D eigenvalue weighted by Gasteiger charge is -2.22. The number of aromatic nitrogens is 4. The summed E-state index contributed by atoms with van der Waals surface area (Å²) in [6.45, 7) is 4.27. The van der Waals surface area contributed by atoms with Gasteiger partial charge in [-0.1, -0.05) is 0 Å². The van der Waals surface area contributed by atoms with Gasteiger partial charge < -0.3 is 5.32 Å². The van der Waals surface area contributed by atoms with Crippen LogP contribution in [0.25, 0.3) is 10.2 Å². The number of anilines is 1. The predicted molar refractivity (Wildman–Crippen MR) is 77.4 cm³/mol. The van der Waals surface area contributed by atoms with Gasteiger partial charge in [-0.15, -0.1) is 11.3 Å². The largest absolute Gasteiger partial charge is 0.365 e. The molecule has 0 fully saturated rings. The van der Waals surface area contributed by atoms with Crippen LogP contribution in [0.5, 0.6) is 0 Å². The summed E-state index contributed by atoms with van der Waals surface area (Å²) < 4.78 is 1.95. The molecule has 5 nitrogen and oxygen atoms in total. The Morgan fingerprint density at radius 3 is 3.00 bits per heavy atom. The predicted octanol–water partition coefficient (Wildman–Crippen LogP) is 2.95. The van der Waals surface area contributed by atoms with Gasteiger partial charge in [0.25, 0.3) is 0 Å². The van der Waals surface area contributed by atoms with Crippen LogP contribution in [0.4, 0.5) is 5.82 Å². The normalized spacial score (nSPS) is 14.4. The van der Waals surface area contributed by atoms with Crippen LogP contribution in [0.1, 0.15) is 19.9 Å². The summed E-state index contributed by atoms with van der Waals surface area (Å²) in [4.78, 5) is 9.60. The van der Waals surface area contributed by atoms with E-state index >= 15 is 0 Å². The SMILES string of the molecule is CC(Nc1ncnc2sccc12)C(C)n1cccn1. The number of hydrogen-bond acceptors (Lipinski definition) is 5. The molecule has 6 heteroatoms. The lowest BCUT2D eigenvalue weighted by Crippen LogP contribution is -2.27. The van der Waals surface area contributed by atoms with Gasteiger partial charge in [0.05, 0.1) is 11.4 Å². The molecule has 0 saturated heterocycles. The van der Waals surface area contributed by atoms with Crippen molar-refractivity contribution < 1.29 is 0 Å². The lowest BCUT2D eigenvalue weighted by atomic mass is 10.1. The van der Waals surface area contributed by atoms with Crippen molar-refractivity contribution >= 4 is 27.4 Å².